The maximum atomic E-state index is 14.5. The zero-order chi connectivity index (χ0) is 39.8. The van der Waals surface area contributed by atoms with Crippen molar-refractivity contribution in [2.45, 2.75) is 59.5 Å². The molecule has 13 nitrogen and oxygen atoms in total. The van der Waals surface area contributed by atoms with Crippen LogP contribution in [-0.4, -0.2) is 121 Å². The Hall–Kier alpha value is -5.32. The van der Waals surface area contributed by atoms with Gasteiger partial charge in [0.05, 0.1) is 13.0 Å². The first-order valence-electron chi connectivity index (χ1n) is 19.0. The smallest absolute Gasteiger partial charge is 0.244 e. The quantitative estimate of drug-likeness (QED) is 0.177. The molecule has 0 spiro atoms. The summed E-state index contributed by atoms with van der Waals surface area (Å²) in [6.45, 7) is 10.0. The summed E-state index contributed by atoms with van der Waals surface area (Å²) < 4.78 is 0. The Balaban J connectivity index is 1.43. The fraction of sp³-hybridized carbons (Fsp3) is 0.476. The van der Waals surface area contributed by atoms with Gasteiger partial charge in [0.15, 0.2) is 0 Å². The number of carbonyl (C=O) groups excluding carboxylic acids is 5. The molecule has 3 N–H and O–H groups in total. The highest BCUT2D eigenvalue weighted by atomic mass is 16.2. The van der Waals surface area contributed by atoms with Gasteiger partial charge in [0.2, 0.25) is 29.5 Å². The van der Waals surface area contributed by atoms with E-state index < -0.39 is 5.41 Å². The topological polar surface area (TPSA) is 147 Å². The van der Waals surface area contributed by atoms with Gasteiger partial charge >= 0.3 is 0 Å². The normalized spacial score (nSPS) is 15.8. The van der Waals surface area contributed by atoms with Gasteiger partial charge in [-0.3, -0.25) is 33.9 Å². The van der Waals surface area contributed by atoms with E-state index in [0.29, 0.717) is 70.8 Å². The van der Waals surface area contributed by atoms with Crippen LogP contribution in [0.1, 0.15) is 55.9 Å². The third-order valence-corrected chi connectivity index (χ3v) is 10.4. The number of nitrogens with zero attached hydrogens (tertiary/aromatic N) is 5. The number of carbonyl (C=O) groups is 5. The first-order valence-corrected chi connectivity index (χ1v) is 19.0. The second-order valence-corrected chi connectivity index (χ2v) is 14.4. The lowest BCUT2D eigenvalue weighted by Crippen LogP contribution is -2.54. The number of terminal acetylenes is 1. The molecule has 2 heterocycles. The molecule has 5 amide bonds. The fourth-order valence-electron chi connectivity index (χ4n) is 7.01. The van der Waals surface area contributed by atoms with Gasteiger partial charge in [0.25, 0.3) is 0 Å². The summed E-state index contributed by atoms with van der Waals surface area (Å²) in [5.41, 5.74) is 3.51. The minimum Gasteiger partial charge on any atom is -0.342 e. The van der Waals surface area contributed by atoms with Crippen molar-refractivity contribution in [2.24, 2.45) is 10.4 Å². The molecule has 0 aromatic heterocycles. The zero-order valence-corrected chi connectivity index (χ0v) is 32.7. The van der Waals surface area contributed by atoms with Gasteiger partial charge in [-0.15, -0.1) is 6.42 Å². The average molecular weight is 753 g/mol. The Morgan fingerprint density at radius 2 is 1.64 bits per heavy atom. The molecule has 0 saturated carbocycles. The second-order valence-electron chi connectivity index (χ2n) is 14.4. The number of hydrogen-bond acceptors (Lipinski definition) is 8. The molecule has 55 heavy (non-hydrogen) atoms. The molecule has 13 heteroatoms. The Morgan fingerprint density at radius 1 is 0.927 bits per heavy atom. The standard InChI is InChI=1S/C42H56N8O5/c1-6-8-11-18-44-31-45-38(52)26-36-25-37(15-14-33(36)7-2)46-39(53)29-50(28-35-13-10-9-12-34(35)27-43-5)41(55)42(4)16-19-49(20-17-42)40(54)30-47-21-23-48(24-22-47)32(3)51/h1,8-15,18,25,43H,7,16-17,19-24,26-31H2,2-5H3,(H,45,52)(H,46,53)/b11-8-,44-18-. The van der Waals surface area contributed by atoms with Crippen LogP contribution >= 0.6 is 0 Å². The Morgan fingerprint density at radius 3 is 2.29 bits per heavy atom. The van der Waals surface area contributed by atoms with Gasteiger partial charge < -0.3 is 30.7 Å². The van der Waals surface area contributed by atoms with Crippen LogP contribution in [0.25, 0.3) is 0 Å². The molecular formula is C42H56N8O5. The first kappa shape index (κ1) is 42.4. The van der Waals surface area contributed by atoms with E-state index in [4.69, 9.17) is 6.42 Å². The number of aliphatic imine (C=N–C) groups is 1. The van der Waals surface area contributed by atoms with E-state index in [1.54, 1.807) is 28.9 Å². The monoisotopic (exact) mass is 752 g/mol. The summed E-state index contributed by atoms with van der Waals surface area (Å²) in [5.74, 6) is 1.75. The molecule has 2 fully saturated rings. The predicted molar refractivity (Wildman–Crippen MR) is 215 cm³/mol. The number of piperidine rings is 1. The van der Waals surface area contributed by atoms with Gasteiger partial charge in [-0.25, -0.2) is 0 Å². The van der Waals surface area contributed by atoms with Crippen molar-refractivity contribution in [3.05, 3.63) is 76.9 Å². The highest BCUT2D eigenvalue weighted by molar-refractivity contribution is 5.95. The molecule has 0 unspecified atom stereocenters. The van der Waals surface area contributed by atoms with Gasteiger partial charge in [0, 0.05) is 76.6 Å². The number of rotatable bonds is 16. The number of piperazine rings is 1. The van der Waals surface area contributed by atoms with Crippen LogP contribution in [0.15, 0.2) is 59.6 Å². The van der Waals surface area contributed by atoms with Gasteiger partial charge in [-0.2, -0.15) is 0 Å². The van der Waals surface area contributed by atoms with Crippen molar-refractivity contribution in [1.29, 1.82) is 0 Å². The number of likely N-dealkylation sites (tertiary alicyclic amines) is 1. The third-order valence-electron chi connectivity index (χ3n) is 10.4. The fourth-order valence-corrected chi connectivity index (χ4v) is 7.01. The highest BCUT2D eigenvalue weighted by Crippen LogP contribution is 2.34. The van der Waals surface area contributed by atoms with Crippen molar-refractivity contribution in [3.63, 3.8) is 0 Å². The predicted octanol–water partition coefficient (Wildman–Crippen LogP) is 2.60. The number of anilines is 1. The van der Waals surface area contributed by atoms with Crippen LogP contribution < -0.4 is 16.0 Å². The zero-order valence-electron chi connectivity index (χ0n) is 32.7. The lowest BCUT2D eigenvalue weighted by molar-refractivity contribution is -0.149. The maximum Gasteiger partial charge on any atom is 0.244 e. The van der Waals surface area contributed by atoms with Crippen LogP contribution in [0.2, 0.25) is 0 Å². The first-order chi connectivity index (χ1) is 26.5. The summed E-state index contributed by atoms with van der Waals surface area (Å²) in [4.78, 5) is 77.4. The number of hydrogen-bond donors (Lipinski definition) is 3. The van der Waals surface area contributed by atoms with E-state index in [9.17, 15) is 24.0 Å². The molecule has 2 aromatic rings. The highest BCUT2D eigenvalue weighted by Gasteiger charge is 2.41. The molecule has 0 bridgehead atoms. The summed E-state index contributed by atoms with van der Waals surface area (Å²) in [7, 11) is 1.87. The van der Waals surface area contributed by atoms with Crippen molar-refractivity contribution < 1.29 is 24.0 Å². The number of aryl methyl sites for hydroxylation is 1. The summed E-state index contributed by atoms with van der Waals surface area (Å²) in [6, 6.07) is 13.4. The van der Waals surface area contributed by atoms with Gasteiger partial charge in [-0.05, 0) is 72.8 Å². The maximum absolute atomic E-state index is 14.5. The minimum atomic E-state index is -0.771. The van der Waals surface area contributed by atoms with Crippen molar-refractivity contribution in [1.82, 2.24) is 30.2 Å². The van der Waals surface area contributed by atoms with E-state index in [0.717, 1.165) is 22.3 Å². The van der Waals surface area contributed by atoms with Crippen molar-refractivity contribution in [3.8, 4) is 12.3 Å². The number of benzene rings is 2. The summed E-state index contributed by atoms with van der Waals surface area (Å²) >= 11 is 0. The summed E-state index contributed by atoms with van der Waals surface area (Å²) in [6.07, 6.45) is 11.6. The molecular weight excluding hydrogens is 697 g/mol. The lowest BCUT2D eigenvalue weighted by Gasteiger charge is -2.42. The van der Waals surface area contributed by atoms with E-state index in [-0.39, 0.29) is 62.3 Å². The van der Waals surface area contributed by atoms with Crippen LogP contribution in [0.5, 0.6) is 0 Å². The Labute approximate surface area is 325 Å². The number of amides is 5. The Bertz CT molecular complexity index is 1770. The van der Waals surface area contributed by atoms with Crippen LogP contribution in [0, 0.1) is 17.8 Å². The van der Waals surface area contributed by atoms with E-state index in [1.165, 1.54) is 12.3 Å². The van der Waals surface area contributed by atoms with Gasteiger partial charge in [-0.1, -0.05) is 50.1 Å². The van der Waals surface area contributed by atoms with E-state index in [2.05, 4.69) is 31.8 Å². The Kier molecular flexibility index (Phi) is 16.2. The van der Waals surface area contributed by atoms with E-state index in [1.807, 2.05) is 62.2 Å². The van der Waals surface area contributed by atoms with Crippen LogP contribution in [0.3, 0.4) is 0 Å². The van der Waals surface area contributed by atoms with Crippen molar-refractivity contribution >= 4 is 41.4 Å². The molecule has 294 valence electrons. The minimum absolute atomic E-state index is 0.0240. The van der Waals surface area contributed by atoms with Crippen molar-refractivity contribution in [2.75, 3.05) is 71.4 Å². The molecule has 2 aliphatic rings. The molecule has 2 aliphatic heterocycles. The molecule has 0 aliphatic carbocycles. The van der Waals surface area contributed by atoms with Crippen LogP contribution in [0.4, 0.5) is 5.69 Å². The lowest BCUT2D eigenvalue weighted by atomic mass is 9.78. The van der Waals surface area contributed by atoms with E-state index >= 15 is 0 Å². The molecule has 2 saturated heterocycles. The third kappa shape index (κ3) is 12.6. The number of nitrogens with one attached hydrogen (secondary N) is 3. The molecule has 4 rings (SSSR count). The SMILES string of the molecule is C#C/C=C\C=N/CNC(=O)Cc1cc(NC(=O)CN(Cc2ccccc2CNC)C(=O)C2(C)CCN(C(=O)CN3CCN(C(C)=O)CC3)CC2)ccc1CC. The molecule has 0 radical (unpaired) electrons. The largest absolute Gasteiger partial charge is 0.342 e. The second kappa shape index (κ2) is 21.0. The molecule has 2 aromatic carbocycles. The van der Waals surface area contributed by atoms with Crippen LogP contribution in [-0.2, 0) is 49.9 Å². The molecule has 0 atom stereocenters. The average Bonchev–Trinajstić information content (AvgIpc) is 3.17. The summed E-state index contributed by atoms with van der Waals surface area (Å²) in [5, 5.41) is 8.93. The number of allylic oxidation sites excluding steroid dienone is 2. The van der Waals surface area contributed by atoms with Gasteiger partial charge in [0.1, 0.15) is 13.2 Å².